The molecule has 0 aliphatic rings. The number of nitrogens with one attached hydrogen (secondary N) is 1. The number of methoxy groups -OCH3 is 1. The van der Waals surface area contributed by atoms with Gasteiger partial charge < -0.3 is 10.1 Å². The highest BCUT2D eigenvalue weighted by molar-refractivity contribution is 7.99. The third kappa shape index (κ3) is 4.05. The van der Waals surface area contributed by atoms with E-state index in [1.54, 1.807) is 25.4 Å². The minimum Gasteiger partial charge on any atom is -0.495 e. The second kappa shape index (κ2) is 8.05. The zero-order valence-electron chi connectivity index (χ0n) is 14.6. The first kappa shape index (κ1) is 18.0. The van der Waals surface area contributed by atoms with Gasteiger partial charge in [-0.05, 0) is 30.7 Å². The molecule has 3 aromatic rings. The van der Waals surface area contributed by atoms with E-state index in [9.17, 15) is 9.59 Å². The molecule has 26 heavy (non-hydrogen) atoms. The molecule has 1 aromatic carbocycles. The number of fused-ring (bicyclic) bond motifs is 1. The fourth-order valence-corrected chi connectivity index (χ4v) is 3.28. The van der Waals surface area contributed by atoms with Gasteiger partial charge in [-0.1, -0.05) is 18.2 Å². The van der Waals surface area contributed by atoms with E-state index in [4.69, 9.17) is 4.74 Å². The molecule has 0 spiro atoms. The number of ether oxygens (including phenoxy) is 1. The van der Waals surface area contributed by atoms with Crippen LogP contribution in [0.15, 0.2) is 53.5 Å². The van der Waals surface area contributed by atoms with Gasteiger partial charge in [0.2, 0.25) is 5.91 Å². The molecular weight excluding hydrogens is 350 g/mol. The summed E-state index contributed by atoms with van der Waals surface area (Å²) in [7, 11) is 1.56. The highest BCUT2D eigenvalue weighted by Gasteiger charge is 2.09. The first-order valence-corrected chi connectivity index (χ1v) is 9.22. The Bertz CT molecular complexity index is 1000. The number of pyridine rings is 1. The predicted octanol–water partition coefficient (Wildman–Crippen LogP) is 2.88. The maximum atomic E-state index is 12.2. The lowest BCUT2D eigenvalue weighted by molar-refractivity contribution is -0.113. The third-order valence-electron chi connectivity index (χ3n) is 3.80. The van der Waals surface area contributed by atoms with Crippen LogP contribution in [0.2, 0.25) is 0 Å². The van der Waals surface area contributed by atoms with E-state index < -0.39 is 0 Å². The Hall–Kier alpha value is -2.80. The van der Waals surface area contributed by atoms with Crippen LogP contribution in [0.3, 0.4) is 0 Å². The van der Waals surface area contributed by atoms with Crippen LogP contribution in [0.4, 0.5) is 5.69 Å². The third-order valence-corrected chi connectivity index (χ3v) is 4.77. The number of aryl methyl sites for hydroxylation is 1. The van der Waals surface area contributed by atoms with Crippen LogP contribution in [0.1, 0.15) is 11.3 Å². The molecule has 0 saturated carbocycles. The van der Waals surface area contributed by atoms with Crippen molar-refractivity contribution in [3.8, 4) is 5.75 Å². The molecule has 0 bridgehead atoms. The van der Waals surface area contributed by atoms with Crippen LogP contribution in [0.25, 0.3) is 5.65 Å². The van der Waals surface area contributed by atoms with Crippen molar-refractivity contribution in [1.29, 1.82) is 0 Å². The summed E-state index contributed by atoms with van der Waals surface area (Å²) in [5.74, 6) is 1.23. The minimum atomic E-state index is -0.131. The average Bonchev–Trinajstić information content (AvgIpc) is 2.63. The lowest BCUT2D eigenvalue weighted by Crippen LogP contribution is -2.17. The van der Waals surface area contributed by atoms with Crippen LogP contribution in [-0.2, 0) is 10.5 Å². The number of hydrogen-bond acceptors (Lipinski definition) is 5. The van der Waals surface area contributed by atoms with Gasteiger partial charge in [-0.2, -0.15) is 0 Å². The number of carbonyl (C=O) groups is 1. The highest BCUT2D eigenvalue weighted by atomic mass is 32.2. The molecule has 3 rings (SSSR count). The Kier molecular flexibility index (Phi) is 5.58. The number of amides is 1. The Morgan fingerprint density at radius 2 is 2.08 bits per heavy atom. The molecule has 2 aromatic heterocycles. The van der Waals surface area contributed by atoms with E-state index in [0.717, 1.165) is 5.56 Å². The smallest absolute Gasteiger partial charge is 0.258 e. The summed E-state index contributed by atoms with van der Waals surface area (Å²) >= 11 is 1.41. The first-order chi connectivity index (χ1) is 12.6. The largest absolute Gasteiger partial charge is 0.495 e. The maximum absolute atomic E-state index is 12.2. The zero-order chi connectivity index (χ0) is 18.5. The quantitative estimate of drug-likeness (QED) is 0.723. The van der Waals surface area contributed by atoms with Crippen molar-refractivity contribution in [3.05, 3.63) is 70.3 Å². The summed E-state index contributed by atoms with van der Waals surface area (Å²) in [4.78, 5) is 28.8. The number of para-hydroxylation sites is 2. The van der Waals surface area contributed by atoms with Crippen molar-refractivity contribution in [2.24, 2.45) is 0 Å². The summed E-state index contributed by atoms with van der Waals surface area (Å²) in [5, 5.41) is 2.83. The van der Waals surface area contributed by atoms with Gasteiger partial charge in [0, 0.05) is 18.0 Å². The summed E-state index contributed by atoms with van der Waals surface area (Å²) in [6.45, 7) is 1.92. The van der Waals surface area contributed by atoms with Gasteiger partial charge >= 0.3 is 0 Å². The van der Waals surface area contributed by atoms with Crippen molar-refractivity contribution in [2.45, 2.75) is 12.7 Å². The molecule has 7 heteroatoms. The number of rotatable bonds is 6. The summed E-state index contributed by atoms with van der Waals surface area (Å²) in [6, 6.07) is 12.5. The van der Waals surface area contributed by atoms with Gasteiger partial charge in [-0.3, -0.25) is 14.0 Å². The standard InChI is InChI=1S/C19H19N3O3S/c1-13-6-5-9-22-18(24)10-14(20-19(13)22)11-26-12-17(23)21-15-7-3-4-8-16(15)25-2/h3-10H,11-12H2,1-2H3,(H,21,23). The van der Waals surface area contributed by atoms with E-state index in [2.05, 4.69) is 10.3 Å². The van der Waals surface area contributed by atoms with Gasteiger partial charge in [-0.15, -0.1) is 11.8 Å². The molecule has 0 radical (unpaired) electrons. The number of hydrogen-bond donors (Lipinski definition) is 1. The topological polar surface area (TPSA) is 72.7 Å². The van der Waals surface area contributed by atoms with E-state index in [1.165, 1.54) is 22.2 Å². The van der Waals surface area contributed by atoms with E-state index in [0.29, 0.717) is 28.5 Å². The number of anilines is 1. The highest BCUT2D eigenvalue weighted by Crippen LogP contribution is 2.23. The van der Waals surface area contributed by atoms with Crippen molar-refractivity contribution < 1.29 is 9.53 Å². The number of benzene rings is 1. The maximum Gasteiger partial charge on any atom is 0.258 e. The fourth-order valence-electron chi connectivity index (χ4n) is 2.57. The van der Waals surface area contributed by atoms with E-state index >= 15 is 0 Å². The molecule has 0 atom stereocenters. The Labute approximate surface area is 155 Å². The monoisotopic (exact) mass is 369 g/mol. The second-order valence-electron chi connectivity index (χ2n) is 5.71. The SMILES string of the molecule is COc1ccccc1NC(=O)CSCc1cc(=O)n2cccc(C)c2n1. The van der Waals surface area contributed by atoms with Crippen LogP contribution >= 0.6 is 11.8 Å². The lowest BCUT2D eigenvalue weighted by Gasteiger charge is -2.09. The lowest BCUT2D eigenvalue weighted by atomic mass is 10.3. The van der Waals surface area contributed by atoms with Gasteiger partial charge in [0.15, 0.2) is 0 Å². The number of carbonyl (C=O) groups excluding carboxylic acids is 1. The molecule has 0 aliphatic heterocycles. The molecule has 6 nitrogen and oxygen atoms in total. The van der Waals surface area contributed by atoms with Gasteiger partial charge in [-0.25, -0.2) is 4.98 Å². The predicted molar refractivity (Wildman–Crippen MR) is 104 cm³/mol. The molecule has 134 valence electrons. The normalized spacial score (nSPS) is 10.7. The molecule has 1 amide bonds. The minimum absolute atomic E-state index is 0.118. The summed E-state index contributed by atoms with van der Waals surface area (Å²) in [5.41, 5.74) is 2.77. The molecule has 0 saturated heterocycles. The van der Waals surface area contributed by atoms with Crippen LogP contribution in [0, 0.1) is 6.92 Å². The van der Waals surface area contributed by atoms with E-state index in [-0.39, 0.29) is 17.2 Å². The molecule has 1 N–H and O–H groups in total. The number of aromatic nitrogens is 2. The Balaban J connectivity index is 1.63. The van der Waals surface area contributed by atoms with Crippen molar-refractivity contribution >= 4 is 29.0 Å². The first-order valence-electron chi connectivity index (χ1n) is 8.07. The average molecular weight is 369 g/mol. The second-order valence-corrected chi connectivity index (χ2v) is 6.70. The summed E-state index contributed by atoms with van der Waals surface area (Å²) in [6.07, 6.45) is 1.70. The summed E-state index contributed by atoms with van der Waals surface area (Å²) < 4.78 is 6.74. The van der Waals surface area contributed by atoms with Gasteiger partial charge in [0.05, 0.1) is 24.2 Å². The van der Waals surface area contributed by atoms with Crippen LogP contribution < -0.4 is 15.6 Å². The Morgan fingerprint density at radius 3 is 2.88 bits per heavy atom. The zero-order valence-corrected chi connectivity index (χ0v) is 15.4. The van der Waals surface area contributed by atoms with Gasteiger partial charge in [0.25, 0.3) is 5.56 Å². The molecule has 2 heterocycles. The fraction of sp³-hybridized carbons (Fsp3) is 0.211. The molecule has 0 unspecified atom stereocenters. The molecule has 0 aliphatic carbocycles. The van der Waals surface area contributed by atoms with Crippen molar-refractivity contribution in [1.82, 2.24) is 9.38 Å². The Morgan fingerprint density at radius 1 is 1.27 bits per heavy atom. The molecule has 0 fully saturated rings. The molecular formula is C19H19N3O3S. The van der Waals surface area contributed by atoms with Gasteiger partial charge in [0.1, 0.15) is 11.4 Å². The van der Waals surface area contributed by atoms with Crippen LogP contribution in [0.5, 0.6) is 5.75 Å². The van der Waals surface area contributed by atoms with Crippen molar-refractivity contribution in [2.75, 3.05) is 18.2 Å². The number of thioether (sulfide) groups is 1. The van der Waals surface area contributed by atoms with Crippen LogP contribution in [-0.4, -0.2) is 28.2 Å². The van der Waals surface area contributed by atoms with Crippen molar-refractivity contribution in [3.63, 3.8) is 0 Å². The van der Waals surface area contributed by atoms with E-state index in [1.807, 2.05) is 31.2 Å². The number of nitrogens with zero attached hydrogens (tertiary/aromatic N) is 2.